The minimum absolute atomic E-state index is 0.106. The Morgan fingerprint density at radius 2 is 1.71 bits per heavy atom. The molecule has 1 aliphatic rings. The first-order valence-corrected chi connectivity index (χ1v) is 10.1. The van der Waals surface area contributed by atoms with E-state index in [9.17, 15) is 18.0 Å². The van der Waals surface area contributed by atoms with Gasteiger partial charge in [0.15, 0.2) is 11.5 Å². The number of nitrogens with one attached hydrogen (secondary N) is 2. The fraction of sp³-hybridized carbons (Fsp3) is 0.217. The van der Waals surface area contributed by atoms with Crippen molar-refractivity contribution in [3.8, 4) is 17.2 Å². The standard InChI is InChI=1S/C21H21N3O3.C2HF3O2/c1-26-19-4-2-3-5-20(19)27-16-8-6-15(7-9-16)23-21(25)17-10-12-24-13-11-22-14-18(17)24;3-2(4,5)1(6)7/h2-10,12,22H,11,13-14H2,1H3,(H,23,25);(H,6,7). The number of alkyl halides is 3. The van der Waals surface area contributed by atoms with E-state index in [1.54, 1.807) is 7.11 Å². The maximum Gasteiger partial charge on any atom is 0.490 e. The van der Waals surface area contributed by atoms with Crippen LogP contribution in [0, 0.1) is 0 Å². The van der Waals surface area contributed by atoms with Crippen LogP contribution in [0.1, 0.15) is 16.1 Å². The highest BCUT2D eigenvalue weighted by atomic mass is 19.4. The number of fused-ring (bicyclic) bond motifs is 1. The van der Waals surface area contributed by atoms with Gasteiger partial charge in [-0.3, -0.25) is 4.79 Å². The molecule has 0 spiro atoms. The first-order valence-electron chi connectivity index (χ1n) is 10.1. The fourth-order valence-electron chi connectivity index (χ4n) is 3.16. The lowest BCUT2D eigenvalue weighted by Crippen LogP contribution is -2.29. The monoisotopic (exact) mass is 477 g/mol. The molecule has 2 heterocycles. The molecule has 11 heteroatoms. The number of carboxylic acids is 1. The second-order valence-electron chi connectivity index (χ2n) is 7.08. The Balaban J connectivity index is 0.000000406. The number of halogens is 3. The van der Waals surface area contributed by atoms with Gasteiger partial charge >= 0.3 is 12.1 Å². The average Bonchev–Trinajstić information content (AvgIpc) is 3.25. The van der Waals surface area contributed by atoms with Gasteiger partial charge in [-0.15, -0.1) is 0 Å². The first kappa shape index (κ1) is 24.6. The number of hydrogen-bond acceptors (Lipinski definition) is 5. The summed E-state index contributed by atoms with van der Waals surface area (Å²) in [5, 5.41) is 13.4. The third-order valence-corrected chi connectivity index (χ3v) is 4.80. The number of carbonyl (C=O) groups excluding carboxylic acids is 1. The molecule has 1 amide bonds. The van der Waals surface area contributed by atoms with Gasteiger partial charge in [-0.05, 0) is 42.5 Å². The zero-order valence-corrected chi connectivity index (χ0v) is 18.1. The van der Waals surface area contributed by atoms with Crippen molar-refractivity contribution in [2.75, 3.05) is 19.0 Å². The van der Waals surface area contributed by atoms with Gasteiger partial charge < -0.3 is 29.8 Å². The number of nitrogens with zero attached hydrogens (tertiary/aromatic N) is 1. The number of aliphatic carboxylic acids is 1. The van der Waals surface area contributed by atoms with Gasteiger partial charge in [0.05, 0.1) is 12.7 Å². The van der Waals surface area contributed by atoms with Crippen LogP contribution in [0.2, 0.25) is 0 Å². The zero-order valence-electron chi connectivity index (χ0n) is 18.1. The van der Waals surface area contributed by atoms with Crippen molar-refractivity contribution in [2.45, 2.75) is 19.3 Å². The van der Waals surface area contributed by atoms with Gasteiger partial charge in [0.25, 0.3) is 5.91 Å². The highest BCUT2D eigenvalue weighted by Gasteiger charge is 2.38. The second-order valence-corrected chi connectivity index (χ2v) is 7.08. The minimum atomic E-state index is -5.08. The third kappa shape index (κ3) is 6.29. The van der Waals surface area contributed by atoms with Gasteiger partial charge in [0, 0.05) is 37.2 Å². The maximum atomic E-state index is 12.6. The second kappa shape index (κ2) is 10.8. The number of ether oxygens (including phenoxy) is 2. The fourth-order valence-corrected chi connectivity index (χ4v) is 3.16. The number of rotatable bonds is 5. The molecule has 8 nitrogen and oxygen atoms in total. The van der Waals surface area contributed by atoms with Gasteiger partial charge in [-0.2, -0.15) is 13.2 Å². The van der Waals surface area contributed by atoms with E-state index >= 15 is 0 Å². The summed E-state index contributed by atoms with van der Waals surface area (Å²) in [6, 6.07) is 16.6. The van der Waals surface area contributed by atoms with Gasteiger partial charge in [0.1, 0.15) is 5.75 Å². The van der Waals surface area contributed by atoms with Crippen molar-refractivity contribution in [1.82, 2.24) is 9.88 Å². The Morgan fingerprint density at radius 1 is 1.06 bits per heavy atom. The summed E-state index contributed by atoms with van der Waals surface area (Å²) >= 11 is 0. The van der Waals surface area contributed by atoms with Crippen LogP contribution in [0.4, 0.5) is 18.9 Å². The minimum Gasteiger partial charge on any atom is -0.493 e. The number of aromatic nitrogens is 1. The molecule has 0 unspecified atom stereocenters. The third-order valence-electron chi connectivity index (χ3n) is 4.80. The van der Waals surface area contributed by atoms with Gasteiger partial charge in [-0.1, -0.05) is 12.1 Å². The summed E-state index contributed by atoms with van der Waals surface area (Å²) < 4.78 is 45.0. The van der Waals surface area contributed by atoms with Crippen LogP contribution in [0.5, 0.6) is 17.2 Å². The predicted molar refractivity (Wildman–Crippen MR) is 117 cm³/mol. The summed E-state index contributed by atoms with van der Waals surface area (Å²) in [6.45, 7) is 2.52. The number of anilines is 1. The molecule has 0 radical (unpaired) electrons. The number of para-hydroxylation sites is 2. The Morgan fingerprint density at radius 3 is 2.32 bits per heavy atom. The molecule has 1 aromatic heterocycles. The molecule has 1 aliphatic heterocycles. The Hall–Kier alpha value is -3.99. The SMILES string of the molecule is COc1ccccc1Oc1ccc(NC(=O)c2ccn3c2CNCC3)cc1.O=C(O)C(F)(F)F. The van der Waals surface area contributed by atoms with E-state index in [2.05, 4.69) is 15.2 Å². The quantitative estimate of drug-likeness (QED) is 0.507. The molecule has 180 valence electrons. The zero-order chi connectivity index (χ0) is 24.7. The summed E-state index contributed by atoms with van der Waals surface area (Å²) in [5.41, 5.74) is 2.45. The molecule has 0 bridgehead atoms. The molecule has 2 aromatic carbocycles. The van der Waals surface area contributed by atoms with E-state index in [0.29, 0.717) is 29.4 Å². The lowest BCUT2D eigenvalue weighted by Gasteiger charge is -2.17. The normalized spacial score (nSPS) is 12.6. The highest BCUT2D eigenvalue weighted by Crippen LogP contribution is 2.31. The molecular formula is C23H22F3N3O5. The van der Waals surface area contributed by atoms with E-state index in [1.165, 1.54) is 0 Å². The van der Waals surface area contributed by atoms with Crippen LogP contribution in [0.15, 0.2) is 60.8 Å². The molecule has 0 saturated heterocycles. The largest absolute Gasteiger partial charge is 0.493 e. The Kier molecular flexibility index (Phi) is 7.79. The molecule has 34 heavy (non-hydrogen) atoms. The van der Waals surface area contributed by atoms with Crippen LogP contribution in [0.3, 0.4) is 0 Å². The topological polar surface area (TPSA) is 102 Å². The number of carbonyl (C=O) groups is 2. The van der Waals surface area contributed by atoms with Crippen molar-refractivity contribution in [1.29, 1.82) is 0 Å². The van der Waals surface area contributed by atoms with E-state index in [1.807, 2.05) is 60.8 Å². The number of benzene rings is 2. The highest BCUT2D eigenvalue weighted by molar-refractivity contribution is 6.05. The smallest absolute Gasteiger partial charge is 0.490 e. The molecule has 3 aromatic rings. The van der Waals surface area contributed by atoms with Crippen molar-refractivity contribution < 1.29 is 37.3 Å². The molecule has 0 fully saturated rings. The number of amides is 1. The summed E-state index contributed by atoms with van der Waals surface area (Å²) in [4.78, 5) is 21.5. The van der Waals surface area contributed by atoms with Crippen molar-refractivity contribution in [3.05, 3.63) is 72.1 Å². The number of methoxy groups -OCH3 is 1. The first-order chi connectivity index (χ1) is 16.2. The lowest BCUT2D eigenvalue weighted by molar-refractivity contribution is -0.192. The van der Waals surface area contributed by atoms with Crippen LogP contribution in [-0.4, -0.2) is 41.4 Å². The van der Waals surface area contributed by atoms with E-state index in [-0.39, 0.29) is 5.91 Å². The van der Waals surface area contributed by atoms with Crippen molar-refractivity contribution in [3.63, 3.8) is 0 Å². The van der Waals surface area contributed by atoms with Crippen LogP contribution < -0.4 is 20.1 Å². The molecule has 0 atom stereocenters. The molecule has 0 aliphatic carbocycles. The summed E-state index contributed by atoms with van der Waals surface area (Å²) in [7, 11) is 1.61. The number of hydrogen-bond donors (Lipinski definition) is 3. The van der Waals surface area contributed by atoms with Crippen LogP contribution >= 0.6 is 0 Å². The molecule has 4 rings (SSSR count). The lowest BCUT2D eigenvalue weighted by atomic mass is 10.2. The van der Waals surface area contributed by atoms with Crippen molar-refractivity contribution >= 4 is 17.6 Å². The van der Waals surface area contributed by atoms with E-state index < -0.39 is 12.1 Å². The number of carboxylic acid groups (broad SMARTS) is 1. The Bertz CT molecular complexity index is 1140. The molecular weight excluding hydrogens is 455 g/mol. The summed E-state index contributed by atoms with van der Waals surface area (Å²) in [6.07, 6.45) is -3.12. The van der Waals surface area contributed by atoms with Crippen LogP contribution in [-0.2, 0) is 17.9 Å². The van der Waals surface area contributed by atoms with E-state index in [4.69, 9.17) is 19.4 Å². The van der Waals surface area contributed by atoms with Crippen LogP contribution in [0.25, 0.3) is 0 Å². The summed E-state index contributed by atoms with van der Waals surface area (Å²) in [5.74, 6) is -0.881. The predicted octanol–water partition coefficient (Wildman–Crippen LogP) is 4.28. The van der Waals surface area contributed by atoms with Crippen molar-refractivity contribution in [2.24, 2.45) is 0 Å². The molecule has 3 N–H and O–H groups in total. The van der Waals surface area contributed by atoms with Gasteiger partial charge in [-0.25, -0.2) is 4.79 Å². The average molecular weight is 477 g/mol. The van der Waals surface area contributed by atoms with E-state index in [0.717, 1.165) is 24.5 Å². The maximum absolute atomic E-state index is 12.6. The van der Waals surface area contributed by atoms with Gasteiger partial charge in [0.2, 0.25) is 0 Å². The molecule has 0 saturated carbocycles. The Labute approximate surface area is 192 Å².